The molecule has 0 amide bonds. The van der Waals surface area contributed by atoms with Gasteiger partial charge < -0.3 is 14.9 Å². The number of nitrogens with zero attached hydrogens (tertiary/aromatic N) is 1. The second-order valence-corrected chi connectivity index (χ2v) is 9.09. The van der Waals surface area contributed by atoms with Gasteiger partial charge in [-0.15, -0.1) is 0 Å². The van der Waals surface area contributed by atoms with Crippen molar-refractivity contribution in [1.29, 1.82) is 0 Å². The molecule has 2 rings (SSSR count). The summed E-state index contributed by atoms with van der Waals surface area (Å²) in [5, 5.41) is 18.9. The summed E-state index contributed by atoms with van der Waals surface area (Å²) in [6, 6.07) is 8.98. The second-order valence-electron chi connectivity index (χ2n) is 7.67. The van der Waals surface area contributed by atoms with E-state index in [9.17, 15) is 28.2 Å². The third-order valence-corrected chi connectivity index (χ3v) is 6.11. The number of aliphatic carboxylic acids is 1. The minimum atomic E-state index is -4.35. The molecule has 3 unspecified atom stereocenters. The molecule has 1 aromatic heterocycles. The van der Waals surface area contributed by atoms with E-state index in [-0.39, 0.29) is 23.2 Å². The van der Waals surface area contributed by atoms with Crippen LogP contribution in [0.1, 0.15) is 50.3 Å². The number of phenolic OH excluding ortho intramolecular Hbond substituents is 1. The molecule has 0 spiro atoms. The lowest BCUT2D eigenvalue weighted by molar-refractivity contribution is -0.150. The van der Waals surface area contributed by atoms with E-state index in [1.165, 1.54) is 18.2 Å². The molecule has 9 nitrogen and oxygen atoms in total. The van der Waals surface area contributed by atoms with Crippen LogP contribution in [0.4, 0.5) is 0 Å². The Balaban J connectivity index is 2.08. The molecule has 0 aliphatic carbocycles. The van der Waals surface area contributed by atoms with Crippen molar-refractivity contribution in [3.05, 3.63) is 53.9 Å². The zero-order valence-electron chi connectivity index (χ0n) is 17.8. The summed E-state index contributed by atoms with van der Waals surface area (Å²) in [6.07, 6.45) is 2.14. The monoisotopic (exact) mass is 465 g/mol. The number of hydrogen-bond donors (Lipinski definition) is 3. The molecule has 0 bridgehead atoms. The number of carbonyl (C=O) groups excluding carboxylic acids is 1. The van der Waals surface area contributed by atoms with Gasteiger partial charge in [-0.05, 0) is 55.0 Å². The summed E-state index contributed by atoms with van der Waals surface area (Å²) in [5.41, 5.74) is 1.14. The number of aromatic nitrogens is 1. The summed E-state index contributed by atoms with van der Waals surface area (Å²) in [5.74, 6) is -2.65. The van der Waals surface area contributed by atoms with Gasteiger partial charge in [-0.1, -0.05) is 26.0 Å². The van der Waals surface area contributed by atoms with Crippen molar-refractivity contribution in [3.63, 3.8) is 0 Å². The SMILES string of the molecule is CCC(CC(CC(C)C(=O)O)c1ccc(O)cc1)C(=O)OCc1ccc(S(=O)(=O)O)cn1. The Morgan fingerprint density at radius 2 is 1.75 bits per heavy atom. The molecule has 0 aliphatic heterocycles. The van der Waals surface area contributed by atoms with Crippen LogP contribution in [0.25, 0.3) is 0 Å². The third kappa shape index (κ3) is 7.31. The molecule has 1 heterocycles. The van der Waals surface area contributed by atoms with Crippen LogP contribution in [0.3, 0.4) is 0 Å². The standard InChI is InChI=1S/C22H27NO8S/c1-3-15(22(27)31-13-18-6-9-20(12-23-18)32(28,29)30)11-17(10-14(2)21(25)26)16-4-7-19(24)8-5-16/h4-9,12,14-15,17,24H,3,10-11,13H2,1-2H3,(H,25,26)(H,28,29,30). The molecule has 3 atom stereocenters. The van der Waals surface area contributed by atoms with Crippen LogP contribution in [0.2, 0.25) is 0 Å². The van der Waals surface area contributed by atoms with Crippen LogP contribution >= 0.6 is 0 Å². The van der Waals surface area contributed by atoms with Crippen molar-refractivity contribution in [3.8, 4) is 5.75 Å². The molecule has 10 heteroatoms. The Morgan fingerprint density at radius 1 is 1.09 bits per heavy atom. The van der Waals surface area contributed by atoms with Crippen molar-refractivity contribution in [2.24, 2.45) is 11.8 Å². The van der Waals surface area contributed by atoms with Gasteiger partial charge in [-0.2, -0.15) is 8.42 Å². The number of benzene rings is 1. The van der Waals surface area contributed by atoms with E-state index in [1.54, 1.807) is 19.1 Å². The second kappa shape index (κ2) is 11.1. The van der Waals surface area contributed by atoms with Gasteiger partial charge in [0.15, 0.2) is 0 Å². The smallest absolute Gasteiger partial charge is 0.309 e. The number of carbonyl (C=O) groups is 2. The molecule has 1 aromatic carbocycles. The van der Waals surface area contributed by atoms with Gasteiger partial charge in [0.2, 0.25) is 0 Å². The third-order valence-electron chi connectivity index (χ3n) is 5.28. The molecular formula is C22H27NO8S. The lowest BCUT2D eigenvalue weighted by atomic mass is 9.82. The number of pyridine rings is 1. The predicted molar refractivity (Wildman–Crippen MR) is 115 cm³/mol. The van der Waals surface area contributed by atoms with Crippen LogP contribution < -0.4 is 0 Å². The van der Waals surface area contributed by atoms with Gasteiger partial charge in [-0.25, -0.2) is 0 Å². The number of esters is 1. The Labute approximate surface area is 186 Å². The molecule has 2 aromatic rings. The van der Waals surface area contributed by atoms with Crippen LogP contribution in [-0.4, -0.2) is 40.1 Å². The van der Waals surface area contributed by atoms with Crippen molar-refractivity contribution < 1.29 is 37.5 Å². The lowest BCUT2D eigenvalue weighted by Crippen LogP contribution is -2.22. The summed E-state index contributed by atoms with van der Waals surface area (Å²) >= 11 is 0. The van der Waals surface area contributed by atoms with Gasteiger partial charge >= 0.3 is 11.9 Å². The molecule has 3 N–H and O–H groups in total. The lowest BCUT2D eigenvalue weighted by Gasteiger charge is -2.24. The highest BCUT2D eigenvalue weighted by Crippen LogP contribution is 2.33. The number of aromatic hydroxyl groups is 1. The van der Waals surface area contributed by atoms with E-state index in [0.717, 1.165) is 17.8 Å². The number of hydrogen-bond acceptors (Lipinski definition) is 7. The van der Waals surface area contributed by atoms with Crippen molar-refractivity contribution >= 4 is 22.1 Å². The Kier molecular flexibility index (Phi) is 8.73. The van der Waals surface area contributed by atoms with Crippen molar-refractivity contribution in [2.45, 2.75) is 50.5 Å². The highest BCUT2D eigenvalue weighted by atomic mass is 32.2. The number of rotatable bonds is 11. The molecule has 32 heavy (non-hydrogen) atoms. The van der Waals surface area contributed by atoms with Crippen LogP contribution in [0.5, 0.6) is 5.75 Å². The van der Waals surface area contributed by atoms with Crippen LogP contribution in [-0.2, 0) is 31.1 Å². The van der Waals surface area contributed by atoms with Crippen molar-refractivity contribution in [1.82, 2.24) is 4.98 Å². The summed E-state index contributed by atoms with van der Waals surface area (Å²) < 4.78 is 36.5. The predicted octanol–water partition coefficient (Wildman–Crippen LogP) is 3.39. The maximum atomic E-state index is 12.7. The van der Waals surface area contributed by atoms with Gasteiger partial charge in [0, 0.05) is 6.20 Å². The highest BCUT2D eigenvalue weighted by Gasteiger charge is 2.27. The van der Waals surface area contributed by atoms with Gasteiger partial charge in [0.05, 0.1) is 17.5 Å². The minimum Gasteiger partial charge on any atom is -0.508 e. The van der Waals surface area contributed by atoms with Gasteiger partial charge in [0.1, 0.15) is 17.3 Å². The Bertz CT molecular complexity index is 1020. The maximum absolute atomic E-state index is 12.7. The van der Waals surface area contributed by atoms with E-state index in [1.807, 2.05) is 6.92 Å². The fourth-order valence-electron chi connectivity index (χ4n) is 3.33. The average molecular weight is 466 g/mol. The number of phenols is 1. The number of ether oxygens (including phenoxy) is 1. The molecular weight excluding hydrogens is 438 g/mol. The first kappa shape index (κ1) is 25.3. The minimum absolute atomic E-state index is 0.0951. The molecule has 0 radical (unpaired) electrons. The van der Waals surface area contributed by atoms with Crippen LogP contribution in [0.15, 0.2) is 47.5 Å². The average Bonchev–Trinajstić information content (AvgIpc) is 2.75. The summed E-state index contributed by atoms with van der Waals surface area (Å²) in [7, 11) is -4.35. The normalized spacial score (nSPS) is 14.3. The van der Waals surface area contributed by atoms with E-state index in [0.29, 0.717) is 25.0 Å². The first-order valence-electron chi connectivity index (χ1n) is 10.1. The Hall–Kier alpha value is -2.98. The fourth-order valence-corrected chi connectivity index (χ4v) is 3.75. The molecule has 174 valence electrons. The van der Waals surface area contributed by atoms with E-state index in [4.69, 9.17) is 9.29 Å². The highest BCUT2D eigenvalue weighted by molar-refractivity contribution is 7.85. The zero-order chi connectivity index (χ0) is 23.9. The largest absolute Gasteiger partial charge is 0.508 e. The molecule has 0 saturated heterocycles. The zero-order valence-corrected chi connectivity index (χ0v) is 18.7. The summed E-state index contributed by atoms with van der Waals surface area (Å²) in [4.78, 5) is 27.5. The summed E-state index contributed by atoms with van der Waals surface area (Å²) in [6.45, 7) is 3.27. The van der Waals surface area contributed by atoms with Gasteiger partial charge in [0.25, 0.3) is 10.1 Å². The van der Waals surface area contributed by atoms with Crippen molar-refractivity contribution in [2.75, 3.05) is 0 Å². The maximum Gasteiger partial charge on any atom is 0.309 e. The quantitative estimate of drug-likeness (QED) is 0.335. The first-order chi connectivity index (χ1) is 15.0. The van der Waals surface area contributed by atoms with E-state index < -0.39 is 33.9 Å². The number of carboxylic acids is 1. The first-order valence-corrected chi connectivity index (χ1v) is 11.6. The van der Waals surface area contributed by atoms with Crippen LogP contribution in [0, 0.1) is 11.8 Å². The molecule has 0 saturated carbocycles. The van der Waals surface area contributed by atoms with E-state index >= 15 is 0 Å². The molecule has 0 aliphatic rings. The Morgan fingerprint density at radius 3 is 2.25 bits per heavy atom. The fraction of sp³-hybridized carbons (Fsp3) is 0.409. The topological polar surface area (TPSA) is 151 Å². The van der Waals surface area contributed by atoms with Gasteiger partial charge in [-0.3, -0.25) is 19.1 Å². The van der Waals surface area contributed by atoms with E-state index in [2.05, 4.69) is 4.98 Å². The molecule has 0 fully saturated rings. The number of carboxylic acid groups (broad SMARTS) is 1.